The number of pyridine rings is 1. The quantitative estimate of drug-likeness (QED) is 0.524. The Bertz CT molecular complexity index is 1110. The number of carbonyl (C=O) groups is 3. The molecule has 2 aromatic heterocycles. The van der Waals surface area contributed by atoms with E-state index in [-0.39, 0.29) is 30.2 Å². The summed E-state index contributed by atoms with van der Waals surface area (Å²) in [6.07, 6.45) is 1.64. The molecule has 9 nitrogen and oxygen atoms in total. The summed E-state index contributed by atoms with van der Waals surface area (Å²) < 4.78 is 1.72. The predicted molar refractivity (Wildman–Crippen MR) is 115 cm³/mol. The number of para-hydroxylation sites is 1. The fourth-order valence-electron chi connectivity index (χ4n) is 3.06. The first-order chi connectivity index (χ1) is 14.9. The molecule has 0 fully saturated rings. The molecule has 0 unspecified atom stereocenters. The third-order valence-corrected chi connectivity index (χ3v) is 4.87. The van der Waals surface area contributed by atoms with Crippen LogP contribution in [0.4, 0.5) is 5.69 Å². The van der Waals surface area contributed by atoms with Gasteiger partial charge in [-0.3, -0.25) is 24.0 Å². The van der Waals surface area contributed by atoms with Gasteiger partial charge in [-0.05, 0) is 38.1 Å². The molecule has 0 spiro atoms. The molecule has 2 heterocycles. The van der Waals surface area contributed by atoms with Gasteiger partial charge in [0.15, 0.2) is 0 Å². The molecule has 0 aliphatic rings. The van der Waals surface area contributed by atoms with Gasteiger partial charge in [0.1, 0.15) is 0 Å². The number of nitrogens with zero attached hydrogens (tertiary/aromatic N) is 3. The van der Waals surface area contributed by atoms with E-state index in [1.165, 1.54) is 0 Å². The number of nitrogens with one attached hydrogen (secondary N) is 3. The molecule has 3 N–H and O–H groups in total. The van der Waals surface area contributed by atoms with E-state index in [2.05, 4.69) is 26.0 Å². The molecule has 0 aliphatic carbocycles. The molecule has 3 aromatic rings. The topological polar surface area (TPSA) is 118 Å². The highest BCUT2D eigenvalue weighted by Crippen LogP contribution is 2.15. The molecular formula is C22H24N6O3. The minimum absolute atomic E-state index is 0.184. The summed E-state index contributed by atoms with van der Waals surface area (Å²) in [5.41, 5.74) is 3.76. The molecule has 160 valence electrons. The van der Waals surface area contributed by atoms with Crippen LogP contribution in [0.3, 0.4) is 0 Å². The lowest BCUT2D eigenvalue weighted by molar-refractivity contribution is -0.136. The normalized spacial score (nSPS) is 10.4. The molecule has 0 radical (unpaired) electrons. The maximum atomic E-state index is 12.6. The second kappa shape index (κ2) is 9.66. The smallest absolute Gasteiger partial charge is 0.313 e. The summed E-state index contributed by atoms with van der Waals surface area (Å²) in [6, 6.07) is 11.9. The van der Waals surface area contributed by atoms with E-state index >= 15 is 0 Å². The molecule has 0 atom stereocenters. The minimum atomic E-state index is -0.857. The highest BCUT2D eigenvalue weighted by Gasteiger charge is 2.19. The third-order valence-electron chi connectivity index (χ3n) is 4.87. The van der Waals surface area contributed by atoms with E-state index in [9.17, 15) is 14.4 Å². The van der Waals surface area contributed by atoms with Gasteiger partial charge < -0.3 is 16.0 Å². The Morgan fingerprint density at radius 3 is 2.35 bits per heavy atom. The minimum Gasteiger partial charge on any atom is -0.346 e. The van der Waals surface area contributed by atoms with Crippen LogP contribution in [0.25, 0.3) is 0 Å². The molecular weight excluding hydrogens is 396 g/mol. The lowest BCUT2D eigenvalue weighted by Gasteiger charge is -2.11. The van der Waals surface area contributed by atoms with Crippen LogP contribution in [0.2, 0.25) is 0 Å². The molecule has 9 heteroatoms. The SMILES string of the molecule is Cc1nn(C)c(C)c1CNC(=O)C(=O)Nc1ccccc1C(=O)NCc1ccccn1. The first kappa shape index (κ1) is 21.7. The van der Waals surface area contributed by atoms with Gasteiger partial charge >= 0.3 is 11.8 Å². The van der Waals surface area contributed by atoms with Crippen molar-refractivity contribution in [3.8, 4) is 0 Å². The zero-order valence-electron chi connectivity index (χ0n) is 17.6. The second-order valence-corrected chi connectivity index (χ2v) is 6.96. The summed E-state index contributed by atoms with van der Waals surface area (Å²) in [7, 11) is 1.82. The molecule has 0 saturated heterocycles. The van der Waals surface area contributed by atoms with E-state index in [1.54, 1.807) is 47.3 Å². The van der Waals surface area contributed by atoms with Crippen molar-refractivity contribution in [2.75, 3.05) is 5.32 Å². The second-order valence-electron chi connectivity index (χ2n) is 6.96. The van der Waals surface area contributed by atoms with Crippen LogP contribution >= 0.6 is 0 Å². The lowest BCUT2D eigenvalue weighted by Crippen LogP contribution is -2.36. The van der Waals surface area contributed by atoms with Gasteiger partial charge in [0.25, 0.3) is 5.91 Å². The van der Waals surface area contributed by atoms with Crippen molar-refractivity contribution < 1.29 is 14.4 Å². The number of aryl methyl sites for hydroxylation is 2. The standard InChI is InChI=1S/C22H24N6O3/c1-14-18(15(2)28(3)27-14)13-25-21(30)22(31)26-19-10-5-4-9-17(19)20(29)24-12-16-8-6-7-11-23-16/h4-11H,12-13H2,1-3H3,(H,24,29)(H,25,30)(H,26,31). The van der Waals surface area contributed by atoms with Gasteiger partial charge in [0, 0.05) is 31.0 Å². The Balaban J connectivity index is 1.62. The Kier molecular flexibility index (Phi) is 6.76. The maximum Gasteiger partial charge on any atom is 0.313 e. The van der Waals surface area contributed by atoms with E-state index < -0.39 is 11.8 Å². The fraction of sp³-hybridized carbons (Fsp3) is 0.227. The number of benzene rings is 1. The maximum absolute atomic E-state index is 12.6. The average molecular weight is 420 g/mol. The number of amides is 3. The molecule has 3 rings (SSSR count). The number of aromatic nitrogens is 3. The van der Waals surface area contributed by atoms with Gasteiger partial charge in [0.2, 0.25) is 0 Å². The number of carbonyl (C=O) groups excluding carboxylic acids is 3. The molecule has 3 amide bonds. The lowest BCUT2D eigenvalue weighted by atomic mass is 10.1. The Morgan fingerprint density at radius 1 is 0.935 bits per heavy atom. The van der Waals surface area contributed by atoms with Crippen molar-refractivity contribution in [2.24, 2.45) is 7.05 Å². The molecule has 0 aliphatic heterocycles. The average Bonchev–Trinajstić information content (AvgIpc) is 3.02. The van der Waals surface area contributed by atoms with Gasteiger partial charge in [-0.15, -0.1) is 0 Å². The predicted octanol–water partition coefficient (Wildman–Crippen LogP) is 1.62. The van der Waals surface area contributed by atoms with Crippen molar-refractivity contribution in [2.45, 2.75) is 26.9 Å². The van der Waals surface area contributed by atoms with Gasteiger partial charge in [-0.1, -0.05) is 18.2 Å². The summed E-state index contributed by atoms with van der Waals surface area (Å²) >= 11 is 0. The van der Waals surface area contributed by atoms with Crippen LogP contribution < -0.4 is 16.0 Å². The zero-order chi connectivity index (χ0) is 22.4. The van der Waals surface area contributed by atoms with Crippen LogP contribution in [0.1, 0.15) is 33.0 Å². The zero-order valence-corrected chi connectivity index (χ0v) is 17.6. The van der Waals surface area contributed by atoms with Crippen molar-refractivity contribution in [1.29, 1.82) is 0 Å². The summed E-state index contributed by atoms with van der Waals surface area (Å²) in [4.78, 5) is 41.4. The van der Waals surface area contributed by atoms with E-state index in [0.717, 1.165) is 17.0 Å². The molecule has 0 saturated carbocycles. The Hall–Kier alpha value is -4.01. The highest BCUT2D eigenvalue weighted by atomic mass is 16.2. The van der Waals surface area contributed by atoms with Crippen LogP contribution in [-0.4, -0.2) is 32.5 Å². The van der Waals surface area contributed by atoms with Crippen LogP contribution in [0.15, 0.2) is 48.7 Å². The molecule has 31 heavy (non-hydrogen) atoms. The number of hydrogen-bond donors (Lipinski definition) is 3. The Labute approximate surface area is 179 Å². The first-order valence-electron chi connectivity index (χ1n) is 9.72. The van der Waals surface area contributed by atoms with Gasteiger partial charge in [0.05, 0.1) is 29.2 Å². The van der Waals surface area contributed by atoms with Crippen LogP contribution in [0, 0.1) is 13.8 Å². The van der Waals surface area contributed by atoms with Gasteiger partial charge in [-0.2, -0.15) is 5.10 Å². The fourth-order valence-corrected chi connectivity index (χ4v) is 3.06. The number of rotatable bonds is 6. The molecule has 1 aromatic carbocycles. The van der Waals surface area contributed by atoms with E-state index in [4.69, 9.17) is 0 Å². The van der Waals surface area contributed by atoms with Crippen molar-refractivity contribution in [3.63, 3.8) is 0 Å². The summed E-state index contributed by atoms with van der Waals surface area (Å²) in [5.74, 6) is -2.04. The largest absolute Gasteiger partial charge is 0.346 e. The molecule has 0 bridgehead atoms. The third kappa shape index (κ3) is 5.33. The monoisotopic (exact) mass is 420 g/mol. The Morgan fingerprint density at radius 2 is 1.68 bits per heavy atom. The van der Waals surface area contributed by atoms with Crippen molar-refractivity contribution >= 4 is 23.4 Å². The highest BCUT2D eigenvalue weighted by molar-refractivity contribution is 6.40. The number of anilines is 1. The van der Waals surface area contributed by atoms with Crippen molar-refractivity contribution in [1.82, 2.24) is 25.4 Å². The van der Waals surface area contributed by atoms with E-state index in [0.29, 0.717) is 5.69 Å². The van der Waals surface area contributed by atoms with Gasteiger partial charge in [-0.25, -0.2) is 0 Å². The van der Waals surface area contributed by atoms with Crippen molar-refractivity contribution in [3.05, 3.63) is 76.9 Å². The van der Waals surface area contributed by atoms with Crippen LogP contribution in [0.5, 0.6) is 0 Å². The number of hydrogen-bond acceptors (Lipinski definition) is 5. The summed E-state index contributed by atoms with van der Waals surface area (Å²) in [5, 5.41) is 12.2. The van der Waals surface area contributed by atoms with Crippen LogP contribution in [-0.2, 0) is 29.7 Å². The summed E-state index contributed by atoms with van der Waals surface area (Å²) in [6.45, 7) is 4.16. The van der Waals surface area contributed by atoms with E-state index in [1.807, 2.05) is 27.0 Å². The first-order valence-corrected chi connectivity index (χ1v) is 9.72.